The molecule has 0 heterocycles. The lowest BCUT2D eigenvalue weighted by molar-refractivity contribution is -0.124. The summed E-state index contributed by atoms with van der Waals surface area (Å²) in [6.07, 6.45) is -2.09. The maximum atomic E-state index is 11.0. The largest absolute Gasteiger partial charge is 0.392 e. The first-order chi connectivity index (χ1) is 5.47. The zero-order chi connectivity index (χ0) is 10.0. The van der Waals surface area contributed by atoms with Crippen LogP contribution in [-0.2, 0) is 0 Å². The van der Waals surface area contributed by atoms with Crippen molar-refractivity contribution in [2.45, 2.75) is 19.0 Å². The highest BCUT2D eigenvalue weighted by molar-refractivity contribution is 4.70. The van der Waals surface area contributed by atoms with Crippen LogP contribution in [0.25, 0.3) is 0 Å². The fraction of sp³-hybridized carbons (Fsp3) is 0.500. The molecular formula is C8H12F4. The Hall–Kier alpha value is -0.800. The van der Waals surface area contributed by atoms with E-state index < -0.39 is 12.6 Å². The van der Waals surface area contributed by atoms with Gasteiger partial charge in [0.05, 0.1) is 13.1 Å². The third-order valence-electron chi connectivity index (χ3n) is 0.689. The van der Waals surface area contributed by atoms with Crippen molar-refractivity contribution >= 4 is 0 Å². The van der Waals surface area contributed by atoms with E-state index in [2.05, 4.69) is 13.2 Å². The van der Waals surface area contributed by atoms with Crippen LogP contribution in [0.4, 0.5) is 17.6 Å². The summed E-state index contributed by atoms with van der Waals surface area (Å²) in [7, 11) is 0. The molecule has 0 aromatic rings. The molecule has 72 valence electrons. The molecular weight excluding hydrogens is 172 g/mol. The lowest BCUT2D eigenvalue weighted by Crippen LogP contribution is -2.03. The van der Waals surface area contributed by atoms with Crippen molar-refractivity contribution in [1.82, 2.24) is 0 Å². The molecule has 4 heteroatoms. The number of alkyl halides is 4. The SMILES string of the molecule is C=CCC(F)(F)F.C=CCCF. The number of hydrogen-bond acceptors (Lipinski definition) is 0. The summed E-state index contributed by atoms with van der Waals surface area (Å²) in [6.45, 7) is 5.96. The van der Waals surface area contributed by atoms with E-state index >= 15 is 0 Å². The fourth-order valence-corrected chi connectivity index (χ4v) is 0.241. The second-order valence-corrected chi connectivity index (χ2v) is 1.87. The van der Waals surface area contributed by atoms with Crippen molar-refractivity contribution in [2.75, 3.05) is 6.67 Å². The van der Waals surface area contributed by atoms with Crippen LogP contribution in [0.3, 0.4) is 0 Å². The monoisotopic (exact) mass is 184 g/mol. The summed E-state index contributed by atoms with van der Waals surface area (Å²) in [5, 5.41) is 0. The normalized spacial score (nSPS) is 9.67. The molecule has 0 saturated carbocycles. The molecule has 0 nitrogen and oxygen atoms in total. The van der Waals surface area contributed by atoms with Gasteiger partial charge in [0.25, 0.3) is 0 Å². The minimum Gasteiger partial charge on any atom is -0.251 e. The molecule has 0 atom stereocenters. The van der Waals surface area contributed by atoms with Crippen LogP contribution in [-0.4, -0.2) is 12.9 Å². The first-order valence-corrected chi connectivity index (χ1v) is 3.32. The molecule has 0 aliphatic rings. The van der Waals surface area contributed by atoms with Crippen LogP contribution >= 0.6 is 0 Å². The number of rotatable bonds is 3. The van der Waals surface area contributed by atoms with Crippen molar-refractivity contribution in [3.8, 4) is 0 Å². The van der Waals surface area contributed by atoms with Gasteiger partial charge in [0.15, 0.2) is 0 Å². The van der Waals surface area contributed by atoms with Crippen molar-refractivity contribution in [2.24, 2.45) is 0 Å². The van der Waals surface area contributed by atoms with E-state index in [0.29, 0.717) is 6.42 Å². The van der Waals surface area contributed by atoms with Gasteiger partial charge in [-0.2, -0.15) is 13.2 Å². The molecule has 0 N–H and O–H groups in total. The lowest BCUT2D eigenvalue weighted by atomic mass is 10.4. The number of halogens is 4. The molecule has 12 heavy (non-hydrogen) atoms. The quantitative estimate of drug-likeness (QED) is 0.464. The van der Waals surface area contributed by atoms with E-state index in [1.54, 1.807) is 6.08 Å². The van der Waals surface area contributed by atoms with Gasteiger partial charge in [-0.15, -0.1) is 13.2 Å². The molecule has 0 radical (unpaired) electrons. The maximum Gasteiger partial charge on any atom is 0.392 e. The molecule has 0 bridgehead atoms. The molecule has 0 aliphatic carbocycles. The van der Waals surface area contributed by atoms with Gasteiger partial charge in [-0.25, -0.2) is 0 Å². The standard InChI is InChI=1S/C4H5F3.C4H7F/c1-2-3-4(5,6)7;1-2-3-4-5/h2H,1,3H2;2H,1,3-4H2. The second-order valence-electron chi connectivity index (χ2n) is 1.87. The molecule has 0 spiro atoms. The van der Waals surface area contributed by atoms with Crippen molar-refractivity contribution in [3.05, 3.63) is 25.3 Å². The smallest absolute Gasteiger partial charge is 0.251 e. The molecule has 0 amide bonds. The zero-order valence-corrected chi connectivity index (χ0v) is 6.70. The Bertz CT molecular complexity index is 115. The highest BCUT2D eigenvalue weighted by Crippen LogP contribution is 2.18. The van der Waals surface area contributed by atoms with Crippen LogP contribution in [0.5, 0.6) is 0 Å². The Morgan fingerprint density at radius 1 is 1.08 bits per heavy atom. The van der Waals surface area contributed by atoms with Crippen LogP contribution in [0.2, 0.25) is 0 Å². The van der Waals surface area contributed by atoms with E-state index in [0.717, 1.165) is 6.08 Å². The summed E-state index contributed by atoms with van der Waals surface area (Å²) in [4.78, 5) is 0. The van der Waals surface area contributed by atoms with Gasteiger partial charge in [-0.05, 0) is 6.42 Å². The Kier molecular flexibility index (Phi) is 9.52. The van der Waals surface area contributed by atoms with E-state index in [9.17, 15) is 17.6 Å². The Labute approximate surface area is 69.6 Å². The maximum absolute atomic E-state index is 11.0. The van der Waals surface area contributed by atoms with Gasteiger partial charge >= 0.3 is 6.18 Å². The number of allylic oxidation sites excluding steroid dienone is 2. The Morgan fingerprint density at radius 2 is 1.58 bits per heavy atom. The molecule has 0 unspecified atom stereocenters. The van der Waals surface area contributed by atoms with Crippen molar-refractivity contribution in [3.63, 3.8) is 0 Å². The third-order valence-corrected chi connectivity index (χ3v) is 0.689. The topological polar surface area (TPSA) is 0 Å². The Morgan fingerprint density at radius 3 is 1.58 bits per heavy atom. The molecule has 0 saturated heterocycles. The first-order valence-electron chi connectivity index (χ1n) is 3.32. The summed E-state index contributed by atoms with van der Waals surface area (Å²) in [5.74, 6) is 0. The molecule has 0 aromatic heterocycles. The molecule has 0 aromatic carbocycles. The average Bonchev–Trinajstić information content (AvgIpc) is 1.87. The number of hydrogen-bond donors (Lipinski definition) is 0. The van der Waals surface area contributed by atoms with Crippen LogP contribution in [0, 0.1) is 0 Å². The van der Waals surface area contributed by atoms with Gasteiger partial charge in [0.1, 0.15) is 0 Å². The summed E-state index contributed by atoms with van der Waals surface area (Å²) < 4.78 is 43.9. The van der Waals surface area contributed by atoms with E-state index in [1.807, 2.05) is 0 Å². The van der Waals surface area contributed by atoms with E-state index in [4.69, 9.17) is 0 Å². The van der Waals surface area contributed by atoms with Gasteiger partial charge in [-0.1, -0.05) is 12.2 Å². The van der Waals surface area contributed by atoms with Crippen molar-refractivity contribution < 1.29 is 17.6 Å². The van der Waals surface area contributed by atoms with Crippen LogP contribution in [0.15, 0.2) is 25.3 Å². The Balaban J connectivity index is 0. The van der Waals surface area contributed by atoms with Crippen molar-refractivity contribution in [1.29, 1.82) is 0 Å². The minimum atomic E-state index is -4.07. The minimum absolute atomic E-state index is 0.274. The molecule has 0 rings (SSSR count). The predicted molar refractivity (Wildman–Crippen MR) is 41.7 cm³/mol. The lowest BCUT2D eigenvalue weighted by Gasteiger charge is -1.97. The van der Waals surface area contributed by atoms with Crippen LogP contribution < -0.4 is 0 Å². The zero-order valence-electron chi connectivity index (χ0n) is 6.70. The van der Waals surface area contributed by atoms with E-state index in [1.165, 1.54) is 0 Å². The highest BCUT2D eigenvalue weighted by Gasteiger charge is 2.23. The summed E-state index contributed by atoms with van der Waals surface area (Å²) in [5.41, 5.74) is 0. The summed E-state index contributed by atoms with van der Waals surface area (Å²) in [6, 6.07) is 0. The predicted octanol–water partition coefficient (Wildman–Crippen LogP) is 3.66. The third kappa shape index (κ3) is 22.9. The fourth-order valence-electron chi connectivity index (χ4n) is 0.241. The van der Waals surface area contributed by atoms with Crippen LogP contribution in [0.1, 0.15) is 12.8 Å². The first kappa shape index (κ1) is 13.8. The highest BCUT2D eigenvalue weighted by atomic mass is 19.4. The average molecular weight is 184 g/mol. The summed E-state index contributed by atoms with van der Waals surface area (Å²) >= 11 is 0. The van der Waals surface area contributed by atoms with E-state index in [-0.39, 0.29) is 6.67 Å². The molecule has 0 fully saturated rings. The van der Waals surface area contributed by atoms with Gasteiger partial charge in [0.2, 0.25) is 0 Å². The van der Waals surface area contributed by atoms with Gasteiger partial charge < -0.3 is 0 Å². The van der Waals surface area contributed by atoms with Gasteiger partial charge in [-0.3, -0.25) is 4.39 Å². The second kappa shape index (κ2) is 8.30. The molecule has 0 aliphatic heterocycles. The van der Waals surface area contributed by atoms with Gasteiger partial charge in [0, 0.05) is 0 Å².